The Bertz CT molecular complexity index is 387. The lowest BCUT2D eigenvalue weighted by Crippen LogP contribution is -2.31. The molecule has 0 aliphatic heterocycles. The van der Waals surface area contributed by atoms with E-state index in [1.54, 1.807) is 0 Å². The lowest BCUT2D eigenvalue weighted by Gasteiger charge is -2.06. The van der Waals surface area contributed by atoms with Crippen molar-refractivity contribution < 1.29 is 4.79 Å². The van der Waals surface area contributed by atoms with Crippen LogP contribution in [0.25, 0.3) is 0 Å². The van der Waals surface area contributed by atoms with Crippen molar-refractivity contribution in [3.8, 4) is 0 Å². The minimum Gasteiger partial charge on any atom is -0.355 e. The molecule has 0 unspecified atom stereocenters. The fourth-order valence-corrected chi connectivity index (χ4v) is 3.03. The average molecular weight is 282 g/mol. The Morgan fingerprint density at radius 2 is 2.05 bits per heavy atom. The number of aryl methyl sites for hydroxylation is 3. The van der Waals surface area contributed by atoms with Crippen LogP contribution in [0.15, 0.2) is 6.07 Å². The van der Waals surface area contributed by atoms with Crippen molar-refractivity contribution in [3.63, 3.8) is 0 Å². The summed E-state index contributed by atoms with van der Waals surface area (Å²) in [5, 5.41) is 6.22. The van der Waals surface area contributed by atoms with E-state index in [2.05, 4.69) is 37.5 Å². The van der Waals surface area contributed by atoms with Crippen LogP contribution in [0, 0.1) is 13.8 Å². The van der Waals surface area contributed by atoms with E-state index in [0.717, 1.165) is 38.9 Å². The maximum atomic E-state index is 11.6. The van der Waals surface area contributed by atoms with Crippen molar-refractivity contribution in [2.24, 2.45) is 0 Å². The molecular formula is C15H26N2OS. The number of carbonyl (C=O) groups excluding carboxylic acids is 1. The van der Waals surface area contributed by atoms with Gasteiger partial charge in [-0.1, -0.05) is 6.92 Å². The third-order valence-electron chi connectivity index (χ3n) is 3.04. The molecule has 0 atom stereocenters. The Hall–Kier alpha value is -0.870. The van der Waals surface area contributed by atoms with Gasteiger partial charge in [0.05, 0.1) is 0 Å². The normalized spacial score (nSPS) is 10.7. The quantitative estimate of drug-likeness (QED) is 0.684. The molecule has 0 saturated carbocycles. The third kappa shape index (κ3) is 6.73. The molecule has 1 aromatic heterocycles. The van der Waals surface area contributed by atoms with E-state index < -0.39 is 0 Å². The van der Waals surface area contributed by atoms with E-state index in [-0.39, 0.29) is 5.91 Å². The van der Waals surface area contributed by atoms with E-state index in [4.69, 9.17) is 0 Å². The summed E-state index contributed by atoms with van der Waals surface area (Å²) in [6.07, 6.45) is 3.71. The second-order valence-corrected chi connectivity index (χ2v) is 6.35. The van der Waals surface area contributed by atoms with Gasteiger partial charge >= 0.3 is 0 Å². The van der Waals surface area contributed by atoms with Gasteiger partial charge in [0.15, 0.2) is 0 Å². The van der Waals surface area contributed by atoms with Gasteiger partial charge in [-0.2, -0.15) is 0 Å². The molecule has 1 amide bonds. The van der Waals surface area contributed by atoms with Crippen molar-refractivity contribution in [3.05, 3.63) is 21.4 Å². The molecule has 0 aromatic carbocycles. The van der Waals surface area contributed by atoms with Gasteiger partial charge in [0.1, 0.15) is 0 Å². The largest absolute Gasteiger partial charge is 0.355 e. The van der Waals surface area contributed by atoms with Gasteiger partial charge in [-0.05, 0) is 51.3 Å². The summed E-state index contributed by atoms with van der Waals surface area (Å²) in [6.45, 7) is 9.05. The van der Waals surface area contributed by atoms with Gasteiger partial charge < -0.3 is 10.6 Å². The second kappa shape index (κ2) is 9.10. The molecule has 108 valence electrons. The summed E-state index contributed by atoms with van der Waals surface area (Å²) in [5.41, 5.74) is 1.40. The Kier molecular flexibility index (Phi) is 7.75. The van der Waals surface area contributed by atoms with Gasteiger partial charge in [0.25, 0.3) is 0 Å². The van der Waals surface area contributed by atoms with E-state index in [1.165, 1.54) is 15.3 Å². The number of rotatable bonds is 9. The molecule has 4 heteroatoms. The molecule has 1 aromatic rings. The Balaban J connectivity index is 2.08. The van der Waals surface area contributed by atoms with Gasteiger partial charge in [0, 0.05) is 29.3 Å². The van der Waals surface area contributed by atoms with Gasteiger partial charge in [-0.25, -0.2) is 0 Å². The Labute approximate surface area is 120 Å². The molecular weight excluding hydrogens is 256 g/mol. The molecule has 1 heterocycles. The van der Waals surface area contributed by atoms with Crippen LogP contribution in [-0.2, 0) is 11.2 Å². The number of hydrogen-bond acceptors (Lipinski definition) is 3. The summed E-state index contributed by atoms with van der Waals surface area (Å²) >= 11 is 1.84. The first-order valence-corrected chi connectivity index (χ1v) is 7.98. The van der Waals surface area contributed by atoms with E-state index >= 15 is 0 Å². The number of carbonyl (C=O) groups is 1. The van der Waals surface area contributed by atoms with E-state index in [1.807, 2.05) is 11.3 Å². The summed E-state index contributed by atoms with van der Waals surface area (Å²) in [6, 6.07) is 2.24. The highest BCUT2D eigenvalue weighted by atomic mass is 32.1. The summed E-state index contributed by atoms with van der Waals surface area (Å²) in [4.78, 5) is 14.4. The molecule has 0 aliphatic carbocycles. The zero-order chi connectivity index (χ0) is 14.1. The zero-order valence-corrected chi connectivity index (χ0v) is 13.2. The van der Waals surface area contributed by atoms with Crippen LogP contribution in [0.5, 0.6) is 0 Å². The van der Waals surface area contributed by atoms with Crippen molar-refractivity contribution >= 4 is 17.2 Å². The van der Waals surface area contributed by atoms with Gasteiger partial charge in [0.2, 0.25) is 5.91 Å². The van der Waals surface area contributed by atoms with Gasteiger partial charge in [-0.15, -0.1) is 11.3 Å². The lowest BCUT2D eigenvalue weighted by atomic mass is 10.1. The Morgan fingerprint density at radius 3 is 2.68 bits per heavy atom. The van der Waals surface area contributed by atoms with Crippen molar-refractivity contribution in [2.75, 3.05) is 19.6 Å². The maximum absolute atomic E-state index is 11.6. The number of amides is 1. The molecule has 1 rings (SSSR count). The standard InChI is InChI=1S/C15H26N2OS/c1-4-8-16-9-10-17-15(18)7-5-6-14-11-12(2)19-13(14)3/h11,16H,4-10H2,1-3H3,(H,17,18). The minimum absolute atomic E-state index is 0.169. The van der Waals surface area contributed by atoms with Crippen LogP contribution >= 0.6 is 11.3 Å². The molecule has 0 fully saturated rings. The molecule has 0 saturated heterocycles. The summed E-state index contributed by atoms with van der Waals surface area (Å²) in [7, 11) is 0. The minimum atomic E-state index is 0.169. The Morgan fingerprint density at radius 1 is 1.26 bits per heavy atom. The maximum Gasteiger partial charge on any atom is 0.220 e. The lowest BCUT2D eigenvalue weighted by molar-refractivity contribution is -0.121. The fourth-order valence-electron chi connectivity index (χ4n) is 2.05. The average Bonchev–Trinajstić information content (AvgIpc) is 2.68. The molecule has 0 aliphatic rings. The molecule has 0 spiro atoms. The van der Waals surface area contributed by atoms with Crippen LogP contribution < -0.4 is 10.6 Å². The molecule has 0 bridgehead atoms. The predicted molar refractivity (Wildman–Crippen MR) is 82.9 cm³/mol. The zero-order valence-electron chi connectivity index (χ0n) is 12.3. The van der Waals surface area contributed by atoms with Crippen LogP contribution in [0.1, 0.15) is 41.5 Å². The highest BCUT2D eigenvalue weighted by molar-refractivity contribution is 7.12. The summed E-state index contributed by atoms with van der Waals surface area (Å²) < 4.78 is 0. The van der Waals surface area contributed by atoms with Crippen LogP contribution in [-0.4, -0.2) is 25.5 Å². The van der Waals surface area contributed by atoms with Crippen molar-refractivity contribution in [1.29, 1.82) is 0 Å². The SMILES string of the molecule is CCCNCCNC(=O)CCCc1cc(C)sc1C. The highest BCUT2D eigenvalue weighted by Gasteiger charge is 2.05. The van der Waals surface area contributed by atoms with Crippen LogP contribution in [0.4, 0.5) is 0 Å². The molecule has 3 nitrogen and oxygen atoms in total. The topological polar surface area (TPSA) is 41.1 Å². The van der Waals surface area contributed by atoms with Crippen LogP contribution in [0.2, 0.25) is 0 Å². The van der Waals surface area contributed by atoms with Crippen LogP contribution in [0.3, 0.4) is 0 Å². The predicted octanol–water partition coefficient (Wildman–Crippen LogP) is 2.80. The number of nitrogens with one attached hydrogen (secondary N) is 2. The highest BCUT2D eigenvalue weighted by Crippen LogP contribution is 2.21. The van der Waals surface area contributed by atoms with E-state index in [0.29, 0.717) is 6.42 Å². The molecule has 2 N–H and O–H groups in total. The first-order valence-electron chi connectivity index (χ1n) is 7.16. The van der Waals surface area contributed by atoms with Gasteiger partial charge in [-0.3, -0.25) is 4.79 Å². The smallest absolute Gasteiger partial charge is 0.220 e. The fraction of sp³-hybridized carbons (Fsp3) is 0.667. The monoisotopic (exact) mass is 282 g/mol. The second-order valence-electron chi connectivity index (χ2n) is 4.89. The molecule has 0 radical (unpaired) electrons. The van der Waals surface area contributed by atoms with Crippen molar-refractivity contribution in [2.45, 2.75) is 46.5 Å². The number of hydrogen-bond donors (Lipinski definition) is 2. The first kappa shape index (κ1) is 16.2. The van der Waals surface area contributed by atoms with Crippen molar-refractivity contribution in [1.82, 2.24) is 10.6 Å². The van der Waals surface area contributed by atoms with E-state index in [9.17, 15) is 4.79 Å². The number of thiophene rings is 1. The summed E-state index contributed by atoms with van der Waals surface area (Å²) in [5.74, 6) is 0.169. The first-order chi connectivity index (χ1) is 9.13. The molecule has 19 heavy (non-hydrogen) atoms. The third-order valence-corrected chi connectivity index (χ3v) is 4.05.